The molecule has 0 bridgehead atoms. The lowest BCUT2D eigenvalue weighted by Gasteiger charge is -2.03. The molecule has 0 aliphatic rings. The Morgan fingerprint density at radius 2 is 1.74 bits per heavy atom. The minimum Gasteiger partial charge on any atom is -0.304 e. The normalized spacial score (nSPS) is 10.8. The minimum atomic E-state index is -0.598. The van der Waals surface area contributed by atoms with Gasteiger partial charge in [-0.2, -0.15) is 4.68 Å². The van der Waals surface area contributed by atoms with Gasteiger partial charge in [-0.15, -0.1) is 5.10 Å². The topological polar surface area (TPSA) is 109 Å². The standard InChI is InChI=1S/C19H16N6O2/c26-17-12-14(21-19(27)23-17)18-22-15(10-9-13-6-2-1-3-7-13)24-25(18)16-8-4-5-11-20-16/h1-8,11-12H,9-10H2,(H2,21,23,26,27). The predicted molar refractivity (Wildman–Crippen MR) is 99.7 cm³/mol. The number of pyridine rings is 1. The highest BCUT2D eigenvalue weighted by Gasteiger charge is 2.16. The molecule has 4 rings (SSSR count). The second-order valence-electron chi connectivity index (χ2n) is 5.94. The summed E-state index contributed by atoms with van der Waals surface area (Å²) in [5, 5.41) is 4.54. The summed E-state index contributed by atoms with van der Waals surface area (Å²) in [6.07, 6.45) is 3.04. The van der Waals surface area contributed by atoms with Crippen molar-refractivity contribution in [1.29, 1.82) is 0 Å². The first-order chi connectivity index (χ1) is 13.2. The Balaban J connectivity index is 1.75. The largest absolute Gasteiger partial charge is 0.326 e. The van der Waals surface area contributed by atoms with Crippen molar-refractivity contribution in [3.8, 4) is 17.3 Å². The molecule has 8 nitrogen and oxygen atoms in total. The Hall–Kier alpha value is -3.81. The highest BCUT2D eigenvalue weighted by molar-refractivity contribution is 5.51. The van der Waals surface area contributed by atoms with Gasteiger partial charge in [-0.1, -0.05) is 36.4 Å². The van der Waals surface area contributed by atoms with Gasteiger partial charge in [0.2, 0.25) is 0 Å². The van der Waals surface area contributed by atoms with Crippen LogP contribution >= 0.6 is 0 Å². The molecule has 0 amide bonds. The summed E-state index contributed by atoms with van der Waals surface area (Å²) < 4.78 is 1.53. The van der Waals surface area contributed by atoms with Gasteiger partial charge < -0.3 is 4.98 Å². The van der Waals surface area contributed by atoms with Crippen LogP contribution in [0, 0.1) is 0 Å². The number of aryl methyl sites for hydroxylation is 2. The van der Waals surface area contributed by atoms with E-state index < -0.39 is 11.2 Å². The van der Waals surface area contributed by atoms with E-state index in [0.29, 0.717) is 23.9 Å². The van der Waals surface area contributed by atoms with Crippen molar-refractivity contribution < 1.29 is 0 Å². The third kappa shape index (κ3) is 3.74. The van der Waals surface area contributed by atoms with Crippen molar-refractivity contribution in [2.45, 2.75) is 12.8 Å². The number of hydrogen-bond donors (Lipinski definition) is 2. The lowest BCUT2D eigenvalue weighted by atomic mass is 10.1. The smallest absolute Gasteiger partial charge is 0.304 e. The summed E-state index contributed by atoms with van der Waals surface area (Å²) in [6, 6.07) is 16.7. The molecule has 0 aliphatic heterocycles. The Kier molecular flexibility index (Phi) is 4.44. The molecule has 134 valence electrons. The van der Waals surface area contributed by atoms with Gasteiger partial charge in [-0.05, 0) is 24.1 Å². The van der Waals surface area contributed by atoms with Crippen LogP contribution in [0.2, 0.25) is 0 Å². The fourth-order valence-corrected chi connectivity index (χ4v) is 2.76. The third-order valence-electron chi connectivity index (χ3n) is 4.00. The van der Waals surface area contributed by atoms with E-state index in [2.05, 4.69) is 25.0 Å². The average molecular weight is 360 g/mol. The van der Waals surface area contributed by atoms with Crippen LogP contribution in [0.4, 0.5) is 0 Å². The fraction of sp³-hybridized carbons (Fsp3) is 0.105. The molecule has 0 saturated heterocycles. The number of H-pyrrole nitrogens is 2. The van der Waals surface area contributed by atoms with Crippen molar-refractivity contribution >= 4 is 0 Å². The zero-order valence-electron chi connectivity index (χ0n) is 14.3. The Labute approximate surface area is 153 Å². The van der Waals surface area contributed by atoms with E-state index in [4.69, 9.17) is 0 Å². The summed E-state index contributed by atoms with van der Waals surface area (Å²) in [7, 11) is 0. The summed E-state index contributed by atoms with van der Waals surface area (Å²) in [5.41, 5.74) is 0.361. The maximum atomic E-state index is 11.7. The van der Waals surface area contributed by atoms with Crippen molar-refractivity contribution in [2.24, 2.45) is 0 Å². The number of benzene rings is 1. The van der Waals surface area contributed by atoms with Crippen molar-refractivity contribution in [3.05, 3.63) is 93.0 Å². The molecule has 0 fully saturated rings. The Morgan fingerprint density at radius 1 is 0.926 bits per heavy atom. The average Bonchev–Trinajstić information content (AvgIpc) is 3.12. The first-order valence-corrected chi connectivity index (χ1v) is 8.44. The van der Waals surface area contributed by atoms with Gasteiger partial charge >= 0.3 is 5.69 Å². The molecule has 0 unspecified atom stereocenters. The van der Waals surface area contributed by atoms with Gasteiger partial charge in [0.05, 0.1) is 5.69 Å². The maximum absolute atomic E-state index is 11.7. The zero-order chi connectivity index (χ0) is 18.6. The van der Waals surface area contributed by atoms with E-state index in [0.717, 1.165) is 6.42 Å². The Morgan fingerprint density at radius 3 is 2.48 bits per heavy atom. The molecule has 0 aliphatic carbocycles. The summed E-state index contributed by atoms with van der Waals surface area (Å²) in [4.78, 5) is 37.0. The number of aromatic amines is 2. The van der Waals surface area contributed by atoms with E-state index in [1.807, 2.05) is 36.4 Å². The summed E-state index contributed by atoms with van der Waals surface area (Å²) in [5.74, 6) is 1.51. The number of hydrogen-bond acceptors (Lipinski definition) is 5. The Bertz CT molecular complexity index is 1130. The predicted octanol–water partition coefficient (Wildman–Crippen LogP) is 1.49. The van der Waals surface area contributed by atoms with Gasteiger partial charge in [0.25, 0.3) is 5.56 Å². The molecule has 0 atom stereocenters. The maximum Gasteiger partial charge on any atom is 0.326 e. The molecule has 27 heavy (non-hydrogen) atoms. The van der Waals surface area contributed by atoms with E-state index in [1.54, 1.807) is 18.3 Å². The minimum absolute atomic E-state index is 0.285. The van der Waals surface area contributed by atoms with Crippen LogP contribution in [0.1, 0.15) is 11.4 Å². The van der Waals surface area contributed by atoms with Crippen LogP contribution < -0.4 is 11.2 Å². The van der Waals surface area contributed by atoms with Crippen LogP contribution in [0.25, 0.3) is 17.3 Å². The molecule has 3 aromatic heterocycles. The zero-order valence-corrected chi connectivity index (χ0v) is 14.3. The molecular formula is C19H16N6O2. The van der Waals surface area contributed by atoms with Crippen LogP contribution in [-0.2, 0) is 12.8 Å². The number of nitrogens with one attached hydrogen (secondary N) is 2. The van der Waals surface area contributed by atoms with Crippen molar-refractivity contribution in [2.75, 3.05) is 0 Å². The van der Waals surface area contributed by atoms with Crippen LogP contribution in [-0.4, -0.2) is 29.7 Å². The quantitative estimate of drug-likeness (QED) is 0.560. The second kappa shape index (κ2) is 7.20. The van der Waals surface area contributed by atoms with E-state index in [1.165, 1.54) is 16.3 Å². The summed E-state index contributed by atoms with van der Waals surface area (Å²) in [6.45, 7) is 0. The second-order valence-corrected chi connectivity index (χ2v) is 5.94. The first-order valence-electron chi connectivity index (χ1n) is 8.44. The summed E-state index contributed by atoms with van der Waals surface area (Å²) >= 11 is 0. The van der Waals surface area contributed by atoms with Gasteiger partial charge in [0.15, 0.2) is 17.5 Å². The fourth-order valence-electron chi connectivity index (χ4n) is 2.76. The highest BCUT2D eigenvalue weighted by Crippen LogP contribution is 2.17. The van der Waals surface area contributed by atoms with Crippen LogP contribution in [0.15, 0.2) is 70.4 Å². The van der Waals surface area contributed by atoms with Crippen molar-refractivity contribution in [1.82, 2.24) is 29.7 Å². The number of nitrogens with zero attached hydrogens (tertiary/aromatic N) is 4. The third-order valence-corrected chi connectivity index (χ3v) is 4.00. The first kappa shape index (κ1) is 16.6. The molecule has 2 N–H and O–H groups in total. The molecule has 0 radical (unpaired) electrons. The lowest BCUT2D eigenvalue weighted by Crippen LogP contribution is -2.22. The van der Waals surface area contributed by atoms with Gasteiger partial charge in [-0.25, -0.2) is 14.8 Å². The molecule has 8 heteroatoms. The van der Waals surface area contributed by atoms with Gasteiger partial charge in [-0.3, -0.25) is 9.78 Å². The molecule has 0 spiro atoms. The van der Waals surface area contributed by atoms with E-state index >= 15 is 0 Å². The highest BCUT2D eigenvalue weighted by atomic mass is 16.2. The van der Waals surface area contributed by atoms with Crippen LogP contribution in [0.5, 0.6) is 0 Å². The molecule has 1 aromatic carbocycles. The SMILES string of the molecule is O=c1cc(-c2nc(CCc3ccccc3)nn2-c2ccccn2)[nH]c(=O)[nH]1. The van der Waals surface area contributed by atoms with Crippen LogP contribution in [0.3, 0.4) is 0 Å². The molecule has 0 saturated carbocycles. The van der Waals surface area contributed by atoms with Gasteiger partial charge in [0, 0.05) is 18.7 Å². The van der Waals surface area contributed by atoms with E-state index in [-0.39, 0.29) is 5.69 Å². The number of aromatic nitrogens is 6. The van der Waals surface area contributed by atoms with Gasteiger partial charge in [0.1, 0.15) is 0 Å². The van der Waals surface area contributed by atoms with E-state index in [9.17, 15) is 9.59 Å². The molecule has 3 heterocycles. The monoisotopic (exact) mass is 360 g/mol. The molecule has 4 aromatic rings. The lowest BCUT2D eigenvalue weighted by molar-refractivity contribution is 0.796. The van der Waals surface area contributed by atoms with Crippen molar-refractivity contribution in [3.63, 3.8) is 0 Å². The molecular weight excluding hydrogens is 344 g/mol. The number of rotatable bonds is 5.